The van der Waals surface area contributed by atoms with E-state index in [0.717, 1.165) is 37.9 Å². The molecule has 5 nitrogen and oxygen atoms in total. The van der Waals surface area contributed by atoms with Gasteiger partial charge in [0.1, 0.15) is 16.4 Å². The van der Waals surface area contributed by atoms with Crippen LogP contribution in [0.15, 0.2) is 92.4 Å². The number of nitrogens with zero attached hydrogens (tertiary/aromatic N) is 2. The number of aliphatic hydroxyl groups excluding tert-OH is 1. The molecule has 8 heteroatoms. The average Bonchev–Trinajstić information content (AvgIpc) is 3.35. The third-order valence-corrected chi connectivity index (χ3v) is 8.24. The number of aliphatic imine (C=N–C) groups is 1. The molecule has 0 bridgehead atoms. The first-order valence-electron chi connectivity index (χ1n) is 12.0. The van der Waals surface area contributed by atoms with E-state index >= 15 is 0 Å². The van der Waals surface area contributed by atoms with Crippen molar-refractivity contribution < 1.29 is 14.6 Å². The second kappa shape index (κ2) is 10.8. The third kappa shape index (κ3) is 4.94. The van der Waals surface area contributed by atoms with Crippen molar-refractivity contribution in [2.75, 3.05) is 6.61 Å². The van der Waals surface area contributed by atoms with Crippen LogP contribution < -0.4 is 0 Å². The smallest absolute Gasteiger partial charge is 0.344 e. The Labute approximate surface area is 238 Å². The lowest BCUT2D eigenvalue weighted by Crippen LogP contribution is -2.12. The second-order valence-corrected chi connectivity index (χ2v) is 11.0. The van der Waals surface area contributed by atoms with Gasteiger partial charge in [0.2, 0.25) is 0 Å². The van der Waals surface area contributed by atoms with Crippen molar-refractivity contribution in [3.05, 3.63) is 109 Å². The molecule has 1 N–H and O–H groups in total. The molecule has 0 aliphatic carbocycles. The van der Waals surface area contributed by atoms with Crippen molar-refractivity contribution in [1.29, 1.82) is 0 Å². The predicted octanol–water partition coefficient (Wildman–Crippen LogP) is 8.86. The summed E-state index contributed by atoms with van der Waals surface area (Å²) in [5.41, 5.74) is 4.74. The van der Waals surface area contributed by atoms with Crippen LogP contribution >= 0.6 is 39.3 Å². The molecule has 0 saturated heterocycles. The van der Waals surface area contributed by atoms with Gasteiger partial charge in [-0.25, -0.2) is 9.79 Å². The number of aromatic nitrogens is 1. The number of rotatable bonds is 5. The lowest BCUT2D eigenvalue weighted by atomic mass is 10.1. The number of hydrogen-bond donors (Lipinski definition) is 1. The highest BCUT2D eigenvalue weighted by Gasteiger charge is 2.33. The number of hydrogen-bond acceptors (Lipinski definition) is 5. The summed E-state index contributed by atoms with van der Waals surface area (Å²) in [6.07, 6.45) is 1.89. The van der Waals surface area contributed by atoms with Crippen molar-refractivity contribution in [3.8, 4) is 5.69 Å². The molecule has 0 amide bonds. The van der Waals surface area contributed by atoms with E-state index < -0.39 is 5.97 Å². The van der Waals surface area contributed by atoms with Gasteiger partial charge in [-0.05, 0) is 80.3 Å². The van der Waals surface area contributed by atoms with E-state index in [4.69, 9.17) is 16.3 Å². The van der Waals surface area contributed by atoms with Gasteiger partial charge in [-0.3, -0.25) is 0 Å². The Hall–Kier alpha value is -3.26. The first-order valence-corrected chi connectivity index (χ1v) is 14.0. The van der Waals surface area contributed by atoms with Crippen LogP contribution in [0.25, 0.3) is 22.5 Å². The van der Waals surface area contributed by atoms with Crippen LogP contribution in [-0.2, 0) is 9.53 Å². The van der Waals surface area contributed by atoms with Crippen molar-refractivity contribution in [1.82, 2.24) is 4.57 Å². The summed E-state index contributed by atoms with van der Waals surface area (Å²) in [7, 11) is 0. The van der Waals surface area contributed by atoms with Crippen LogP contribution in [0.2, 0.25) is 5.02 Å². The number of thioether (sulfide) groups is 1. The van der Waals surface area contributed by atoms with Gasteiger partial charge >= 0.3 is 5.97 Å². The molecule has 0 unspecified atom stereocenters. The molecule has 1 aliphatic rings. The number of benzene rings is 3. The number of carbonyl (C=O) groups is 1. The van der Waals surface area contributed by atoms with E-state index in [-0.39, 0.29) is 17.9 Å². The molecule has 5 rings (SSSR count). The summed E-state index contributed by atoms with van der Waals surface area (Å²) in [6.45, 7) is 6.02. The minimum absolute atomic E-state index is 0.0609. The van der Waals surface area contributed by atoms with Crippen LogP contribution in [0.4, 0.5) is 5.69 Å². The first-order chi connectivity index (χ1) is 18.3. The van der Waals surface area contributed by atoms with Crippen LogP contribution in [0.3, 0.4) is 0 Å². The van der Waals surface area contributed by atoms with Crippen molar-refractivity contribution in [2.24, 2.45) is 4.99 Å². The molecule has 1 aliphatic heterocycles. The van der Waals surface area contributed by atoms with Gasteiger partial charge in [0.05, 0.1) is 22.9 Å². The zero-order valence-electron chi connectivity index (χ0n) is 21.0. The minimum Gasteiger partial charge on any atom is -0.506 e. The maximum absolute atomic E-state index is 12.8. The van der Waals surface area contributed by atoms with Crippen LogP contribution in [0.1, 0.15) is 23.9 Å². The monoisotopic (exact) mass is 606 g/mol. The number of fused-ring (bicyclic) bond motifs is 1. The number of esters is 1. The minimum atomic E-state index is -0.611. The van der Waals surface area contributed by atoms with Gasteiger partial charge in [-0.1, -0.05) is 63.6 Å². The molecule has 0 atom stereocenters. The van der Waals surface area contributed by atoms with E-state index in [2.05, 4.69) is 62.7 Å². The van der Waals surface area contributed by atoms with Gasteiger partial charge in [-0.2, -0.15) is 0 Å². The highest BCUT2D eigenvalue weighted by molar-refractivity contribution is 9.10. The van der Waals surface area contributed by atoms with Crippen LogP contribution in [-0.4, -0.2) is 27.3 Å². The number of carbonyl (C=O) groups excluding carboxylic acids is 1. The molecule has 0 saturated carbocycles. The summed E-state index contributed by atoms with van der Waals surface area (Å²) >= 11 is 10.9. The van der Waals surface area contributed by atoms with E-state index in [1.165, 1.54) is 11.8 Å². The maximum Gasteiger partial charge on any atom is 0.344 e. The second-order valence-electron chi connectivity index (χ2n) is 8.72. The van der Waals surface area contributed by atoms with Gasteiger partial charge in [0.15, 0.2) is 0 Å². The normalized spacial score (nSPS) is 15.7. The molecular formula is C30H24BrClN2O3S. The Bertz CT molecular complexity index is 1670. The molecule has 38 heavy (non-hydrogen) atoms. The predicted molar refractivity (Wildman–Crippen MR) is 161 cm³/mol. The Kier molecular flexibility index (Phi) is 7.52. The summed E-state index contributed by atoms with van der Waals surface area (Å²) < 4.78 is 8.47. The molecule has 0 fully saturated rings. The lowest BCUT2D eigenvalue weighted by molar-refractivity contribution is -0.138. The molecule has 0 radical (unpaired) electrons. The summed E-state index contributed by atoms with van der Waals surface area (Å²) in [6, 6.07) is 21.5. The topological polar surface area (TPSA) is 63.8 Å². The number of aryl methyl sites for hydroxylation is 1. The van der Waals surface area contributed by atoms with Crippen molar-refractivity contribution in [2.45, 2.75) is 20.8 Å². The quantitative estimate of drug-likeness (QED) is 0.230. The van der Waals surface area contributed by atoms with Gasteiger partial charge in [0.25, 0.3) is 0 Å². The fourth-order valence-electron chi connectivity index (χ4n) is 4.51. The first kappa shape index (κ1) is 26.4. The Balaban J connectivity index is 1.60. The maximum atomic E-state index is 12.8. The highest BCUT2D eigenvalue weighted by Crippen LogP contribution is 2.41. The van der Waals surface area contributed by atoms with Crippen LogP contribution in [0, 0.1) is 13.8 Å². The summed E-state index contributed by atoms with van der Waals surface area (Å²) in [5, 5.41) is 14.4. The average molecular weight is 608 g/mol. The van der Waals surface area contributed by atoms with E-state index in [0.29, 0.717) is 20.7 Å². The number of halogens is 2. The standard InChI is InChI=1S/C30H24BrClN2O3S/c1-4-37-30(36)27-28(35)26(38-29(27)33-21-11-9-20(32)10-12-21)16-19-15-17(2)34(18(19)3)25-14-13-24(31)22-7-5-6-8-23(22)25/h5-16,35H,4H2,1-3H3/b26-16-,33-29?. The van der Waals surface area contributed by atoms with Crippen molar-refractivity contribution >= 4 is 72.8 Å². The zero-order chi connectivity index (χ0) is 27.0. The molecule has 3 aromatic carbocycles. The molecule has 192 valence electrons. The SMILES string of the molecule is CCOC(=O)C1=C(O)/C(=C/c2cc(C)n(-c3ccc(Br)c4ccccc34)c2C)SC1=Nc1ccc(Cl)cc1. The summed E-state index contributed by atoms with van der Waals surface area (Å²) in [5.74, 6) is -0.750. The Morgan fingerprint density at radius 3 is 2.53 bits per heavy atom. The third-order valence-electron chi connectivity index (χ3n) is 6.27. The van der Waals surface area contributed by atoms with Crippen LogP contribution in [0.5, 0.6) is 0 Å². The fourth-order valence-corrected chi connectivity index (χ4v) is 6.14. The van der Waals surface area contributed by atoms with E-state index in [1.54, 1.807) is 31.2 Å². The number of aliphatic hydroxyl groups is 1. The zero-order valence-corrected chi connectivity index (χ0v) is 24.1. The van der Waals surface area contributed by atoms with Gasteiger partial charge in [0, 0.05) is 26.3 Å². The largest absolute Gasteiger partial charge is 0.506 e. The molecule has 4 aromatic rings. The molecule has 0 spiro atoms. The Morgan fingerprint density at radius 1 is 1.11 bits per heavy atom. The van der Waals surface area contributed by atoms with E-state index in [9.17, 15) is 9.90 Å². The Morgan fingerprint density at radius 2 is 1.82 bits per heavy atom. The van der Waals surface area contributed by atoms with Gasteiger partial charge < -0.3 is 14.4 Å². The molecular weight excluding hydrogens is 584 g/mol. The lowest BCUT2D eigenvalue weighted by Gasteiger charge is -2.14. The van der Waals surface area contributed by atoms with Gasteiger partial charge in [-0.15, -0.1) is 0 Å². The van der Waals surface area contributed by atoms with E-state index in [1.807, 2.05) is 25.1 Å². The van der Waals surface area contributed by atoms with Crippen molar-refractivity contribution in [3.63, 3.8) is 0 Å². The molecule has 2 heterocycles. The highest BCUT2D eigenvalue weighted by atomic mass is 79.9. The fraction of sp³-hybridized carbons (Fsp3) is 0.133. The molecule has 1 aromatic heterocycles. The summed E-state index contributed by atoms with van der Waals surface area (Å²) in [4.78, 5) is 17.9. The number of ether oxygens (including phenoxy) is 1.